The number of carbonyl (C=O) groups is 1. The smallest absolute Gasteiger partial charge is 0.249 e. The van der Waals surface area contributed by atoms with E-state index in [4.69, 9.17) is 10.5 Å². The molecule has 0 aromatic heterocycles. The van der Waals surface area contributed by atoms with Gasteiger partial charge in [0.15, 0.2) is 9.84 Å². The molecule has 1 amide bonds. The highest BCUT2D eigenvalue weighted by molar-refractivity contribution is 7.91. The van der Waals surface area contributed by atoms with E-state index in [9.17, 15) is 13.2 Å². The van der Waals surface area contributed by atoms with E-state index in [0.29, 0.717) is 45.1 Å². The second-order valence-electron chi connectivity index (χ2n) is 8.29. The van der Waals surface area contributed by atoms with Gasteiger partial charge in [0.1, 0.15) is 5.82 Å². The molecule has 2 fully saturated rings. The van der Waals surface area contributed by atoms with Gasteiger partial charge in [0.05, 0.1) is 10.6 Å². The maximum Gasteiger partial charge on any atom is 0.249 e. The molecule has 1 aromatic rings. The van der Waals surface area contributed by atoms with Gasteiger partial charge in [-0.2, -0.15) is 0 Å². The molecule has 8 heteroatoms. The Morgan fingerprint density at radius 3 is 2.48 bits per heavy atom. The molecule has 0 aliphatic carbocycles. The van der Waals surface area contributed by atoms with Crippen LogP contribution in [0.15, 0.2) is 11.0 Å². The summed E-state index contributed by atoms with van der Waals surface area (Å²) in [5.74, 6) is -1.21. The Hall–Kier alpha value is -1.51. The van der Waals surface area contributed by atoms with Crippen LogP contribution in [0.1, 0.15) is 60.5 Å². The number of primary amides is 1. The second kappa shape index (κ2) is 8.70. The van der Waals surface area contributed by atoms with Crippen molar-refractivity contribution in [3.05, 3.63) is 28.6 Å². The molecule has 0 bridgehead atoms. The van der Waals surface area contributed by atoms with Crippen LogP contribution >= 0.6 is 0 Å². The average Bonchev–Trinajstić information content (AvgIpc) is 2.70. The molecule has 2 aliphatic heterocycles. The van der Waals surface area contributed by atoms with Crippen LogP contribution in [0.3, 0.4) is 0 Å². The van der Waals surface area contributed by atoms with E-state index in [2.05, 4.69) is 5.32 Å². The number of amides is 1. The third-order valence-electron chi connectivity index (χ3n) is 6.57. The van der Waals surface area contributed by atoms with Crippen LogP contribution in [0.25, 0.3) is 0 Å². The van der Waals surface area contributed by atoms with E-state index in [1.54, 1.807) is 0 Å². The van der Waals surface area contributed by atoms with E-state index in [0.717, 1.165) is 19.3 Å². The SMILES string of the molecule is CCS(=O)(=O)c1cc(C(N)=O)c(C)c(F)c1C1(CC2CCOCC2)CCNCC1. The summed E-state index contributed by atoms with van der Waals surface area (Å²) in [6.45, 7) is 5.80. The Morgan fingerprint density at radius 2 is 1.93 bits per heavy atom. The maximum absolute atomic E-state index is 15.8. The fourth-order valence-electron chi connectivity index (χ4n) is 4.84. The zero-order valence-electron chi connectivity index (χ0n) is 17.2. The molecular weight excluding hydrogens is 395 g/mol. The number of piperidine rings is 1. The van der Waals surface area contributed by atoms with Gasteiger partial charge in [-0.05, 0) is 69.7 Å². The molecule has 2 heterocycles. The number of hydrogen-bond donors (Lipinski definition) is 2. The zero-order valence-corrected chi connectivity index (χ0v) is 18.0. The van der Waals surface area contributed by atoms with E-state index < -0.39 is 27.0 Å². The molecule has 0 spiro atoms. The standard InChI is InChI=1S/C21H31FN2O4S/c1-3-29(26,27)17-12-16(20(23)25)14(2)19(22)18(17)21(6-8-24-9-7-21)13-15-4-10-28-11-5-15/h12,15,24H,3-11,13H2,1-2H3,(H2,23,25). The maximum atomic E-state index is 15.8. The first-order valence-electron chi connectivity index (χ1n) is 10.4. The molecule has 3 rings (SSSR count). The first kappa shape index (κ1) is 22.2. The summed E-state index contributed by atoms with van der Waals surface area (Å²) in [6.07, 6.45) is 3.82. The molecule has 2 aliphatic rings. The lowest BCUT2D eigenvalue weighted by molar-refractivity contribution is 0.0518. The highest BCUT2D eigenvalue weighted by Crippen LogP contribution is 2.46. The first-order valence-corrected chi connectivity index (χ1v) is 12.0. The summed E-state index contributed by atoms with van der Waals surface area (Å²) in [5, 5.41) is 3.31. The Balaban J connectivity index is 2.23. The summed E-state index contributed by atoms with van der Waals surface area (Å²) in [6, 6.07) is 1.31. The minimum atomic E-state index is -3.75. The van der Waals surface area contributed by atoms with E-state index in [1.807, 2.05) is 0 Å². The number of nitrogens with one attached hydrogen (secondary N) is 1. The number of nitrogens with two attached hydrogens (primary N) is 1. The number of rotatable bonds is 6. The van der Waals surface area contributed by atoms with Crippen molar-refractivity contribution in [1.29, 1.82) is 0 Å². The van der Waals surface area contributed by atoms with Gasteiger partial charge in [-0.15, -0.1) is 0 Å². The molecule has 0 unspecified atom stereocenters. The molecule has 29 heavy (non-hydrogen) atoms. The van der Waals surface area contributed by atoms with Gasteiger partial charge < -0.3 is 15.8 Å². The van der Waals surface area contributed by atoms with Gasteiger partial charge in [-0.3, -0.25) is 4.79 Å². The van der Waals surface area contributed by atoms with Crippen molar-refractivity contribution in [3.8, 4) is 0 Å². The summed E-state index contributed by atoms with van der Waals surface area (Å²) in [4.78, 5) is 11.8. The molecule has 1 aromatic carbocycles. The zero-order chi connectivity index (χ0) is 21.2. The molecule has 0 radical (unpaired) electrons. The van der Waals surface area contributed by atoms with Crippen molar-refractivity contribution in [3.63, 3.8) is 0 Å². The number of ether oxygens (including phenoxy) is 1. The van der Waals surface area contributed by atoms with Crippen LogP contribution in [0.2, 0.25) is 0 Å². The van der Waals surface area contributed by atoms with Crippen molar-refractivity contribution >= 4 is 15.7 Å². The van der Waals surface area contributed by atoms with Crippen LogP contribution in [0.4, 0.5) is 4.39 Å². The third kappa shape index (κ3) is 4.34. The minimum absolute atomic E-state index is 0.0616. The van der Waals surface area contributed by atoms with Gasteiger partial charge >= 0.3 is 0 Å². The topological polar surface area (TPSA) is 98.5 Å². The lowest BCUT2D eigenvalue weighted by Crippen LogP contribution is -2.43. The number of hydrogen-bond acceptors (Lipinski definition) is 5. The van der Waals surface area contributed by atoms with Crippen molar-refractivity contribution in [2.75, 3.05) is 32.1 Å². The Kier molecular flexibility index (Phi) is 6.65. The van der Waals surface area contributed by atoms with E-state index in [1.165, 1.54) is 19.9 Å². The number of sulfone groups is 1. The van der Waals surface area contributed by atoms with Gasteiger partial charge in [0, 0.05) is 29.8 Å². The van der Waals surface area contributed by atoms with Crippen LogP contribution in [0, 0.1) is 18.7 Å². The Morgan fingerprint density at radius 1 is 1.31 bits per heavy atom. The Labute approximate surface area is 172 Å². The van der Waals surface area contributed by atoms with Crippen molar-refractivity contribution in [1.82, 2.24) is 5.32 Å². The first-order chi connectivity index (χ1) is 13.7. The van der Waals surface area contributed by atoms with Gasteiger partial charge in [0.25, 0.3) is 0 Å². The van der Waals surface area contributed by atoms with Crippen LogP contribution in [-0.2, 0) is 20.0 Å². The predicted molar refractivity (Wildman–Crippen MR) is 109 cm³/mol. The monoisotopic (exact) mass is 426 g/mol. The van der Waals surface area contributed by atoms with Crippen LogP contribution < -0.4 is 11.1 Å². The van der Waals surface area contributed by atoms with Crippen molar-refractivity contribution in [2.24, 2.45) is 11.7 Å². The molecular formula is C21H31FN2O4S. The van der Waals surface area contributed by atoms with Gasteiger partial charge in [-0.25, -0.2) is 12.8 Å². The van der Waals surface area contributed by atoms with E-state index in [-0.39, 0.29) is 27.3 Å². The normalized spacial score (nSPS) is 20.5. The molecule has 0 atom stereocenters. The second-order valence-corrected chi connectivity index (χ2v) is 10.5. The lowest BCUT2D eigenvalue weighted by atomic mass is 9.66. The highest BCUT2D eigenvalue weighted by atomic mass is 32.2. The average molecular weight is 427 g/mol. The largest absolute Gasteiger partial charge is 0.381 e. The van der Waals surface area contributed by atoms with Crippen LogP contribution in [-0.4, -0.2) is 46.4 Å². The molecule has 3 N–H and O–H groups in total. The summed E-state index contributed by atoms with van der Waals surface area (Å²) >= 11 is 0. The summed E-state index contributed by atoms with van der Waals surface area (Å²) in [5.41, 5.74) is 5.17. The van der Waals surface area contributed by atoms with Gasteiger partial charge in [-0.1, -0.05) is 6.92 Å². The number of benzene rings is 1. The fraction of sp³-hybridized carbons (Fsp3) is 0.667. The number of halogens is 1. The summed E-state index contributed by atoms with van der Waals surface area (Å²) in [7, 11) is -3.75. The Bertz CT molecular complexity index is 873. The summed E-state index contributed by atoms with van der Waals surface area (Å²) < 4.78 is 47.3. The molecule has 162 valence electrons. The predicted octanol–water partition coefficient (Wildman–Crippen LogP) is 2.46. The van der Waals surface area contributed by atoms with Crippen LogP contribution in [0.5, 0.6) is 0 Å². The minimum Gasteiger partial charge on any atom is -0.381 e. The third-order valence-corrected chi connectivity index (χ3v) is 8.32. The van der Waals surface area contributed by atoms with E-state index >= 15 is 4.39 Å². The molecule has 6 nitrogen and oxygen atoms in total. The molecule has 0 saturated carbocycles. The van der Waals surface area contributed by atoms with Crippen molar-refractivity contribution in [2.45, 2.75) is 56.3 Å². The highest BCUT2D eigenvalue weighted by Gasteiger charge is 2.43. The lowest BCUT2D eigenvalue weighted by Gasteiger charge is -2.43. The van der Waals surface area contributed by atoms with Crippen molar-refractivity contribution < 1.29 is 22.3 Å². The number of carbonyl (C=O) groups excluding carboxylic acids is 1. The fourth-order valence-corrected chi connectivity index (χ4v) is 6.07. The quantitative estimate of drug-likeness (QED) is 0.728. The van der Waals surface area contributed by atoms with Gasteiger partial charge in [0.2, 0.25) is 5.91 Å². The molecule has 2 saturated heterocycles.